The molecule has 0 saturated heterocycles. The fourth-order valence-electron chi connectivity index (χ4n) is 2.72. The Morgan fingerprint density at radius 1 is 1.11 bits per heavy atom. The summed E-state index contributed by atoms with van der Waals surface area (Å²) in [6.45, 7) is 3.35. The van der Waals surface area contributed by atoms with Crippen LogP contribution in [0.2, 0.25) is 0 Å². The van der Waals surface area contributed by atoms with Crippen molar-refractivity contribution in [1.82, 2.24) is 5.32 Å². The maximum Gasteiger partial charge on any atom is 0.343 e. The Morgan fingerprint density at radius 2 is 1.79 bits per heavy atom. The van der Waals surface area contributed by atoms with Crippen LogP contribution in [0.15, 0.2) is 58.7 Å². The van der Waals surface area contributed by atoms with Crippen LogP contribution in [0.5, 0.6) is 0 Å². The molecular weight excluding hydrogens is 368 g/mol. The summed E-state index contributed by atoms with van der Waals surface area (Å²) in [7, 11) is 0. The van der Waals surface area contributed by atoms with Gasteiger partial charge in [0.1, 0.15) is 28.6 Å². The molecule has 8 heteroatoms. The first-order valence-corrected chi connectivity index (χ1v) is 8.50. The van der Waals surface area contributed by atoms with E-state index in [2.05, 4.69) is 15.6 Å². The van der Waals surface area contributed by atoms with Crippen LogP contribution in [0.3, 0.4) is 0 Å². The number of para-hydroxylation sites is 2. The van der Waals surface area contributed by atoms with E-state index in [1.54, 1.807) is 38.1 Å². The number of aliphatic imine (C=N–C) groups is 1. The number of esters is 1. The van der Waals surface area contributed by atoms with Crippen molar-refractivity contribution < 1.29 is 23.1 Å². The molecule has 0 atom stereocenters. The van der Waals surface area contributed by atoms with Gasteiger partial charge in [-0.1, -0.05) is 18.2 Å². The van der Waals surface area contributed by atoms with Crippen LogP contribution in [-0.4, -0.2) is 24.3 Å². The van der Waals surface area contributed by atoms with Gasteiger partial charge in [-0.2, -0.15) is 0 Å². The van der Waals surface area contributed by atoms with Gasteiger partial charge in [0, 0.05) is 5.70 Å². The second-order valence-corrected chi connectivity index (χ2v) is 5.87. The van der Waals surface area contributed by atoms with E-state index in [0.29, 0.717) is 17.1 Å². The van der Waals surface area contributed by atoms with E-state index in [4.69, 9.17) is 4.74 Å². The van der Waals surface area contributed by atoms with Crippen molar-refractivity contribution in [2.75, 3.05) is 11.9 Å². The minimum absolute atomic E-state index is 0.0388. The Labute approximate surface area is 159 Å². The third kappa shape index (κ3) is 3.75. The van der Waals surface area contributed by atoms with Gasteiger partial charge in [0.2, 0.25) is 0 Å². The number of allylic oxidation sites excluding steroid dienone is 1. The highest BCUT2D eigenvalue weighted by Gasteiger charge is 2.27. The average molecular weight is 385 g/mol. The number of rotatable bonds is 3. The summed E-state index contributed by atoms with van der Waals surface area (Å²) in [5.74, 6) is -4.01. The number of fused-ring (bicyclic) bond motifs is 1. The predicted molar refractivity (Wildman–Crippen MR) is 100 cm³/mol. The van der Waals surface area contributed by atoms with Crippen LogP contribution < -0.4 is 10.6 Å². The Balaban J connectivity index is 2.08. The van der Waals surface area contributed by atoms with Crippen molar-refractivity contribution in [2.24, 2.45) is 4.99 Å². The van der Waals surface area contributed by atoms with Crippen molar-refractivity contribution >= 4 is 29.1 Å². The van der Waals surface area contributed by atoms with Crippen molar-refractivity contribution in [3.8, 4) is 0 Å². The highest BCUT2D eigenvalue weighted by Crippen LogP contribution is 2.30. The van der Waals surface area contributed by atoms with Gasteiger partial charge in [0.05, 0.1) is 18.0 Å². The number of carbonyl (C=O) groups excluding carboxylic acids is 2. The first-order valence-electron chi connectivity index (χ1n) is 8.50. The van der Waals surface area contributed by atoms with Gasteiger partial charge in [-0.05, 0) is 38.1 Å². The molecule has 1 aliphatic rings. The summed E-state index contributed by atoms with van der Waals surface area (Å²) < 4.78 is 33.0. The normalized spacial score (nSPS) is 13.1. The lowest BCUT2D eigenvalue weighted by molar-refractivity contribution is -0.137. The van der Waals surface area contributed by atoms with Crippen LogP contribution in [0.25, 0.3) is 0 Å². The van der Waals surface area contributed by atoms with Gasteiger partial charge in [-0.15, -0.1) is 0 Å². The number of amides is 1. The largest absolute Gasteiger partial charge is 0.462 e. The number of ether oxygens (including phenoxy) is 1. The highest BCUT2D eigenvalue weighted by molar-refractivity contribution is 6.25. The summed E-state index contributed by atoms with van der Waals surface area (Å²) in [6, 6.07) is 10.0. The van der Waals surface area contributed by atoms with Crippen molar-refractivity contribution in [2.45, 2.75) is 13.8 Å². The second-order valence-electron chi connectivity index (χ2n) is 5.87. The first kappa shape index (κ1) is 19.2. The van der Waals surface area contributed by atoms with Gasteiger partial charge < -0.3 is 15.4 Å². The van der Waals surface area contributed by atoms with Crippen molar-refractivity contribution in [3.05, 3.63) is 70.9 Å². The molecule has 28 heavy (non-hydrogen) atoms. The molecule has 0 bridgehead atoms. The van der Waals surface area contributed by atoms with Gasteiger partial charge in [0.15, 0.2) is 0 Å². The lowest BCUT2D eigenvalue weighted by atomic mass is 10.1. The molecule has 144 valence electrons. The molecule has 2 aromatic rings. The minimum Gasteiger partial charge on any atom is -0.462 e. The summed E-state index contributed by atoms with van der Waals surface area (Å²) in [4.78, 5) is 29.3. The number of carbonyl (C=O) groups is 2. The topological polar surface area (TPSA) is 79.8 Å². The SMILES string of the molecule is CCOC(=O)C1=C(C)Nc2ccccc2N=C1NC(=O)c1c(F)cccc1F. The molecule has 0 aromatic heterocycles. The predicted octanol–water partition coefficient (Wildman–Crippen LogP) is 3.69. The van der Waals surface area contributed by atoms with Crippen molar-refractivity contribution in [1.29, 1.82) is 0 Å². The van der Waals surface area contributed by atoms with Crippen LogP contribution in [0, 0.1) is 11.6 Å². The van der Waals surface area contributed by atoms with Crippen LogP contribution in [-0.2, 0) is 9.53 Å². The summed E-state index contributed by atoms with van der Waals surface area (Å²) in [5.41, 5.74) is 0.602. The number of anilines is 1. The zero-order valence-corrected chi connectivity index (χ0v) is 15.2. The molecule has 1 amide bonds. The number of nitrogens with one attached hydrogen (secondary N) is 2. The van der Waals surface area contributed by atoms with Crippen LogP contribution in [0.4, 0.5) is 20.2 Å². The Bertz CT molecular complexity index is 995. The Hall–Kier alpha value is -3.55. The molecule has 1 aliphatic heterocycles. The van der Waals surface area contributed by atoms with E-state index in [-0.39, 0.29) is 18.0 Å². The van der Waals surface area contributed by atoms with Gasteiger partial charge >= 0.3 is 5.97 Å². The van der Waals surface area contributed by atoms with Gasteiger partial charge in [0.25, 0.3) is 5.91 Å². The number of hydrogen-bond donors (Lipinski definition) is 2. The molecule has 2 aromatic carbocycles. The maximum absolute atomic E-state index is 14.0. The maximum atomic E-state index is 14.0. The van der Waals surface area contributed by atoms with Gasteiger partial charge in [-0.3, -0.25) is 4.79 Å². The molecule has 1 heterocycles. The fourth-order valence-corrected chi connectivity index (χ4v) is 2.72. The number of amidine groups is 1. The highest BCUT2D eigenvalue weighted by atomic mass is 19.1. The van der Waals surface area contributed by atoms with Crippen molar-refractivity contribution in [3.63, 3.8) is 0 Å². The standard InChI is InChI=1S/C20H17F2N3O3/c1-3-28-20(27)16-11(2)23-14-9-4-5-10-15(14)24-18(16)25-19(26)17-12(21)7-6-8-13(17)22/h4-10,23H,3H2,1-2H3,(H,24,25,26). The summed E-state index contributed by atoms with van der Waals surface area (Å²) in [6.07, 6.45) is 0. The monoisotopic (exact) mass is 385 g/mol. The number of benzene rings is 2. The fraction of sp³-hybridized carbons (Fsp3) is 0.150. The van der Waals surface area contributed by atoms with Crippen LogP contribution in [0.1, 0.15) is 24.2 Å². The molecule has 3 rings (SSSR count). The zero-order chi connectivity index (χ0) is 20.3. The smallest absolute Gasteiger partial charge is 0.343 e. The van der Waals surface area contributed by atoms with E-state index in [1.807, 2.05) is 0 Å². The van der Waals surface area contributed by atoms with E-state index >= 15 is 0 Å². The van der Waals surface area contributed by atoms with E-state index in [0.717, 1.165) is 18.2 Å². The Kier molecular flexibility index (Phi) is 5.49. The molecular formula is C20H17F2N3O3. The molecule has 0 aliphatic carbocycles. The first-order chi connectivity index (χ1) is 13.4. The van der Waals surface area contributed by atoms with E-state index < -0.39 is 29.1 Å². The zero-order valence-electron chi connectivity index (χ0n) is 15.2. The number of halogens is 2. The molecule has 6 nitrogen and oxygen atoms in total. The molecule has 0 fully saturated rings. The molecule has 2 N–H and O–H groups in total. The molecule has 0 saturated carbocycles. The quantitative estimate of drug-likeness (QED) is 0.790. The third-order valence-electron chi connectivity index (χ3n) is 3.97. The minimum atomic E-state index is -1.07. The van der Waals surface area contributed by atoms with E-state index in [9.17, 15) is 18.4 Å². The van der Waals surface area contributed by atoms with E-state index in [1.165, 1.54) is 0 Å². The number of nitrogens with zero attached hydrogens (tertiary/aromatic N) is 1. The molecule has 0 unspecified atom stereocenters. The molecule has 0 radical (unpaired) electrons. The lowest BCUT2D eigenvalue weighted by Crippen LogP contribution is -2.36. The third-order valence-corrected chi connectivity index (χ3v) is 3.97. The molecule has 0 spiro atoms. The average Bonchev–Trinajstić information content (AvgIpc) is 2.77. The lowest BCUT2D eigenvalue weighted by Gasteiger charge is -2.13. The van der Waals surface area contributed by atoms with Crippen LogP contribution >= 0.6 is 0 Å². The number of hydrogen-bond acceptors (Lipinski definition) is 5. The summed E-state index contributed by atoms with van der Waals surface area (Å²) >= 11 is 0. The summed E-state index contributed by atoms with van der Waals surface area (Å²) in [5, 5.41) is 5.39. The second kappa shape index (κ2) is 7.99. The Morgan fingerprint density at radius 3 is 2.46 bits per heavy atom. The van der Waals surface area contributed by atoms with Gasteiger partial charge in [-0.25, -0.2) is 18.6 Å².